The Morgan fingerprint density at radius 2 is 1.46 bits per heavy atom. The van der Waals surface area contributed by atoms with E-state index in [1.165, 1.54) is 0 Å². The fourth-order valence-electron chi connectivity index (χ4n) is 3.99. The third kappa shape index (κ3) is 4.75. The van der Waals surface area contributed by atoms with Gasteiger partial charge in [0.2, 0.25) is 0 Å². The fourth-order valence-corrected chi connectivity index (χ4v) is 3.99. The number of benzene rings is 5. The molecule has 0 spiro atoms. The Morgan fingerprint density at radius 1 is 0.743 bits per heavy atom. The molecule has 0 aliphatic carbocycles. The molecule has 0 heterocycles. The molecule has 172 valence electrons. The second-order valence-corrected chi connectivity index (χ2v) is 8.28. The van der Waals surface area contributed by atoms with Crippen LogP contribution in [-0.2, 0) is 4.79 Å². The Morgan fingerprint density at radius 3 is 2.29 bits per heavy atom. The van der Waals surface area contributed by atoms with E-state index in [1.54, 1.807) is 13.2 Å². The molecule has 5 aromatic carbocycles. The molecule has 0 bridgehead atoms. The van der Waals surface area contributed by atoms with E-state index in [4.69, 9.17) is 9.47 Å². The third-order valence-electron chi connectivity index (χ3n) is 6.02. The van der Waals surface area contributed by atoms with Crippen molar-refractivity contribution in [2.24, 2.45) is 10.2 Å². The average molecular weight is 461 g/mol. The molecule has 0 saturated carbocycles. The Hall–Kier alpha value is -4.51. The summed E-state index contributed by atoms with van der Waals surface area (Å²) < 4.78 is 11.2. The summed E-state index contributed by atoms with van der Waals surface area (Å²) in [7, 11) is 1.65. The number of ether oxygens (including phenoxy) is 2. The van der Waals surface area contributed by atoms with Crippen LogP contribution in [0.3, 0.4) is 0 Å². The second kappa shape index (κ2) is 9.77. The van der Waals surface area contributed by atoms with E-state index in [0.717, 1.165) is 38.5 Å². The molecule has 0 aromatic heterocycles. The van der Waals surface area contributed by atoms with Gasteiger partial charge in [0.1, 0.15) is 11.4 Å². The predicted molar refractivity (Wildman–Crippen MR) is 139 cm³/mol. The maximum Gasteiger partial charge on any atom is 0.318 e. The van der Waals surface area contributed by atoms with Gasteiger partial charge in [-0.15, -0.1) is 5.11 Å². The van der Waals surface area contributed by atoms with E-state index in [-0.39, 0.29) is 5.97 Å². The number of esters is 1. The molecule has 5 aromatic rings. The van der Waals surface area contributed by atoms with Crippen LogP contribution < -0.4 is 9.47 Å². The summed E-state index contributed by atoms with van der Waals surface area (Å²) in [5.41, 5.74) is 2.12. The van der Waals surface area contributed by atoms with Crippen LogP contribution in [0, 0.1) is 0 Å². The van der Waals surface area contributed by atoms with E-state index < -0.39 is 5.92 Å². The van der Waals surface area contributed by atoms with Crippen LogP contribution >= 0.6 is 0 Å². The van der Waals surface area contributed by atoms with Crippen LogP contribution in [0.5, 0.6) is 11.5 Å². The molecular weight excluding hydrogens is 436 g/mol. The van der Waals surface area contributed by atoms with E-state index >= 15 is 0 Å². The van der Waals surface area contributed by atoms with Gasteiger partial charge < -0.3 is 9.47 Å². The van der Waals surface area contributed by atoms with E-state index in [0.29, 0.717) is 11.4 Å². The molecule has 0 unspecified atom stereocenters. The smallest absolute Gasteiger partial charge is 0.318 e. The summed E-state index contributed by atoms with van der Waals surface area (Å²) in [6.45, 7) is 1.85. The van der Waals surface area contributed by atoms with Gasteiger partial charge in [0.25, 0.3) is 0 Å². The first-order valence-electron chi connectivity index (χ1n) is 11.4. The molecule has 0 amide bonds. The minimum atomic E-state index is -0.466. The first-order chi connectivity index (χ1) is 17.1. The Bertz CT molecular complexity index is 1540. The molecule has 5 nitrogen and oxygen atoms in total. The molecule has 0 N–H and O–H groups in total. The highest BCUT2D eigenvalue weighted by Crippen LogP contribution is 2.38. The molecule has 0 aliphatic heterocycles. The summed E-state index contributed by atoms with van der Waals surface area (Å²) >= 11 is 0. The van der Waals surface area contributed by atoms with Crippen LogP contribution in [0.15, 0.2) is 113 Å². The van der Waals surface area contributed by atoms with Crippen molar-refractivity contribution < 1.29 is 14.3 Å². The second-order valence-electron chi connectivity index (χ2n) is 8.28. The zero-order valence-corrected chi connectivity index (χ0v) is 19.5. The summed E-state index contributed by atoms with van der Waals surface area (Å²) in [6.07, 6.45) is 0. The van der Waals surface area contributed by atoms with Crippen LogP contribution in [-0.4, -0.2) is 13.1 Å². The lowest BCUT2D eigenvalue weighted by Crippen LogP contribution is -2.16. The number of azo groups is 1. The first kappa shape index (κ1) is 22.3. The molecule has 0 saturated heterocycles. The maximum absolute atomic E-state index is 13.2. The maximum atomic E-state index is 13.2. The van der Waals surface area contributed by atoms with Crippen molar-refractivity contribution in [3.63, 3.8) is 0 Å². The Kier molecular flexibility index (Phi) is 6.22. The van der Waals surface area contributed by atoms with Crippen LogP contribution in [0.1, 0.15) is 18.4 Å². The van der Waals surface area contributed by atoms with Gasteiger partial charge >= 0.3 is 5.97 Å². The highest BCUT2D eigenvalue weighted by molar-refractivity contribution is 5.96. The number of rotatable bonds is 6. The molecule has 0 aliphatic rings. The van der Waals surface area contributed by atoms with E-state index in [2.05, 4.69) is 10.2 Å². The van der Waals surface area contributed by atoms with Gasteiger partial charge in [0.05, 0.1) is 18.7 Å². The summed E-state index contributed by atoms with van der Waals surface area (Å²) in [5, 5.41) is 12.8. The fraction of sp³-hybridized carbons (Fsp3) is 0.100. The summed E-state index contributed by atoms with van der Waals surface area (Å²) in [5.74, 6) is 0.355. The lowest BCUT2D eigenvalue weighted by atomic mass is 9.97. The molecule has 1 atom stereocenters. The number of methoxy groups -OCH3 is 1. The number of hydrogen-bond donors (Lipinski definition) is 0. The largest absolute Gasteiger partial charge is 0.497 e. The van der Waals surface area contributed by atoms with Crippen molar-refractivity contribution in [1.82, 2.24) is 0 Å². The minimum Gasteiger partial charge on any atom is -0.497 e. The minimum absolute atomic E-state index is 0.357. The van der Waals surface area contributed by atoms with Gasteiger partial charge in [-0.2, -0.15) is 5.11 Å². The van der Waals surface area contributed by atoms with E-state index in [9.17, 15) is 4.79 Å². The van der Waals surface area contributed by atoms with Gasteiger partial charge in [0, 0.05) is 5.39 Å². The lowest BCUT2D eigenvalue weighted by Gasteiger charge is -2.14. The molecular formula is C30H24N2O3. The number of hydrogen-bond acceptors (Lipinski definition) is 5. The van der Waals surface area contributed by atoms with Crippen molar-refractivity contribution in [3.05, 3.63) is 109 Å². The van der Waals surface area contributed by atoms with Crippen LogP contribution in [0.4, 0.5) is 11.4 Å². The molecule has 35 heavy (non-hydrogen) atoms. The summed E-state index contributed by atoms with van der Waals surface area (Å²) in [6, 6.07) is 32.8. The van der Waals surface area contributed by atoms with Gasteiger partial charge in [-0.3, -0.25) is 4.79 Å². The van der Waals surface area contributed by atoms with Crippen LogP contribution in [0.25, 0.3) is 21.5 Å². The lowest BCUT2D eigenvalue weighted by molar-refractivity contribution is -0.135. The summed E-state index contributed by atoms with van der Waals surface area (Å²) in [4.78, 5) is 13.2. The van der Waals surface area contributed by atoms with Crippen LogP contribution in [0.2, 0.25) is 0 Å². The highest BCUT2D eigenvalue weighted by atomic mass is 16.5. The van der Waals surface area contributed by atoms with Crippen molar-refractivity contribution in [3.8, 4) is 11.5 Å². The van der Waals surface area contributed by atoms with Crippen molar-refractivity contribution in [1.29, 1.82) is 0 Å². The topological polar surface area (TPSA) is 60.2 Å². The van der Waals surface area contributed by atoms with Crippen molar-refractivity contribution in [2.45, 2.75) is 12.8 Å². The SMILES string of the molecule is COc1ccc2cc([C@H](C)C(=O)Oc3ccc4ccccc4c3N=Nc3ccccc3)ccc2c1. The van der Waals surface area contributed by atoms with Gasteiger partial charge in [0.15, 0.2) is 5.75 Å². The quantitative estimate of drug-likeness (QED) is 0.146. The van der Waals surface area contributed by atoms with Crippen molar-refractivity contribution in [2.75, 3.05) is 7.11 Å². The monoisotopic (exact) mass is 460 g/mol. The number of fused-ring (bicyclic) bond motifs is 2. The molecule has 0 radical (unpaired) electrons. The normalized spacial score (nSPS) is 12.2. The van der Waals surface area contributed by atoms with Gasteiger partial charge in [-0.25, -0.2) is 0 Å². The zero-order valence-electron chi connectivity index (χ0n) is 19.5. The van der Waals surface area contributed by atoms with Gasteiger partial charge in [-0.1, -0.05) is 72.8 Å². The molecule has 5 rings (SSSR count). The Balaban J connectivity index is 1.46. The number of carbonyl (C=O) groups is 1. The molecule has 0 fully saturated rings. The van der Waals surface area contributed by atoms with E-state index in [1.807, 2.05) is 104 Å². The predicted octanol–water partition coefficient (Wildman–Crippen LogP) is 8.13. The first-order valence-corrected chi connectivity index (χ1v) is 11.4. The molecule has 5 heteroatoms. The number of carbonyl (C=O) groups excluding carboxylic acids is 1. The zero-order chi connectivity index (χ0) is 24.2. The third-order valence-corrected chi connectivity index (χ3v) is 6.02. The highest BCUT2D eigenvalue weighted by Gasteiger charge is 2.20. The Labute approximate surface area is 203 Å². The van der Waals surface area contributed by atoms with Crippen molar-refractivity contribution >= 4 is 38.9 Å². The standard InChI is InChI=1S/C30H24N2O3/c1-20(22-12-13-24-19-26(34-2)16-14-23(24)18-22)30(33)35-28-17-15-21-8-6-7-11-27(21)29(28)32-31-25-9-4-3-5-10-25/h3-20H,1-2H3/t20-/m0/s1. The average Bonchev–Trinajstić information content (AvgIpc) is 2.91. The van der Waals surface area contributed by atoms with Gasteiger partial charge in [-0.05, 0) is 59.0 Å². The number of nitrogens with zero attached hydrogens (tertiary/aromatic N) is 2.